The molecule has 0 saturated heterocycles. The fraction of sp³-hybridized carbons (Fsp3) is 0.364. The Morgan fingerprint density at radius 2 is 2.12 bits per heavy atom. The van der Waals surface area contributed by atoms with E-state index in [1.165, 1.54) is 0 Å². The number of nitrogens with zero attached hydrogens (tertiary/aromatic N) is 1. The molecule has 17 heavy (non-hydrogen) atoms. The van der Waals surface area contributed by atoms with Crippen molar-refractivity contribution < 1.29 is 13.2 Å². The Labute approximate surface area is 101 Å². The molecule has 0 unspecified atom stereocenters. The highest BCUT2D eigenvalue weighted by molar-refractivity contribution is 7.92. The summed E-state index contributed by atoms with van der Waals surface area (Å²) in [7, 11) is -3.47. The third-order valence-electron chi connectivity index (χ3n) is 2.01. The van der Waals surface area contributed by atoms with E-state index in [9.17, 15) is 8.42 Å². The van der Waals surface area contributed by atoms with Gasteiger partial charge in [-0.05, 0) is 19.1 Å². The van der Waals surface area contributed by atoms with E-state index in [2.05, 4.69) is 4.72 Å². The van der Waals surface area contributed by atoms with Crippen LogP contribution < -0.4 is 4.72 Å². The quantitative estimate of drug-likeness (QED) is 0.777. The maximum absolute atomic E-state index is 11.6. The number of nitriles is 1. The van der Waals surface area contributed by atoms with E-state index in [1.807, 2.05) is 6.07 Å². The van der Waals surface area contributed by atoms with Crippen LogP contribution >= 0.6 is 0 Å². The van der Waals surface area contributed by atoms with E-state index in [0.717, 1.165) is 0 Å². The molecular weight excluding hydrogens is 240 g/mol. The largest absolute Gasteiger partial charge is 0.381 e. The topological polar surface area (TPSA) is 79.2 Å². The van der Waals surface area contributed by atoms with Crippen LogP contribution in [0.3, 0.4) is 0 Å². The summed E-state index contributed by atoms with van der Waals surface area (Å²) in [4.78, 5) is 0. The van der Waals surface area contributed by atoms with Crippen molar-refractivity contribution in [2.75, 3.05) is 23.7 Å². The van der Waals surface area contributed by atoms with Gasteiger partial charge in [-0.25, -0.2) is 8.42 Å². The zero-order chi connectivity index (χ0) is 12.7. The van der Waals surface area contributed by atoms with Crippen LogP contribution in [0.4, 0.5) is 5.69 Å². The molecule has 1 N–H and O–H groups in total. The molecule has 1 rings (SSSR count). The zero-order valence-corrected chi connectivity index (χ0v) is 10.3. The van der Waals surface area contributed by atoms with Crippen LogP contribution in [0.5, 0.6) is 0 Å². The van der Waals surface area contributed by atoms with Gasteiger partial charge in [0.25, 0.3) is 0 Å². The first-order valence-electron chi connectivity index (χ1n) is 5.16. The molecule has 6 heteroatoms. The molecule has 0 aromatic heterocycles. The predicted molar refractivity (Wildman–Crippen MR) is 65.1 cm³/mol. The molecule has 1 aromatic rings. The Morgan fingerprint density at radius 1 is 1.41 bits per heavy atom. The summed E-state index contributed by atoms with van der Waals surface area (Å²) >= 11 is 0. The molecule has 0 aliphatic carbocycles. The number of nitrogens with one attached hydrogen (secondary N) is 1. The maximum atomic E-state index is 11.6. The van der Waals surface area contributed by atoms with Crippen molar-refractivity contribution >= 4 is 15.7 Å². The Morgan fingerprint density at radius 3 is 2.76 bits per heavy atom. The monoisotopic (exact) mass is 254 g/mol. The van der Waals surface area contributed by atoms with Crippen molar-refractivity contribution in [2.24, 2.45) is 0 Å². The van der Waals surface area contributed by atoms with Gasteiger partial charge in [0.2, 0.25) is 10.0 Å². The lowest BCUT2D eigenvalue weighted by Gasteiger charge is -2.08. The van der Waals surface area contributed by atoms with Crippen molar-refractivity contribution in [3.63, 3.8) is 0 Å². The van der Waals surface area contributed by atoms with Crippen LogP contribution in [0.15, 0.2) is 24.3 Å². The molecule has 0 saturated carbocycles. The molecule has 0 heterocycles. The van der Waals surface area contributed by atoms with Crippen molar-refractivity contribution in [2.45, 2.75) is 6.92 Å². The zero-order valence-electron chi connectivity index (χ0n) is 9.51. The number of hydrogen-bond acceptors (Lipinski definition) is 4. The number of anilines is 1. The van der Waals surface area contributed by atoms with Crippen LogP contribution in [0.1, 0.15) is 12.5 Å². The highest BCUT2D eigenvalue weighted by Crippen LogP contribution is 2.15. The van der Waals surface area contributed by atoms with Crippen LogP contribution in [-0.2, 0) is 14.8 Å². The maximum Gasteiger partial charge on any atom is 0.235 e. The van der Waals surface area contributed by atoms with Gasteiger partial charge in [0.1, 0.15) is 6.07 Å². The average molecular weight is 254 g/mol. The fourth-order valence-corrected chi connectivity index (χ4v) is 2.15. The SMILES string of the molecule is CCOCCS(=O)(=O)Nc1ccccc1C#N. The lowest BCUT2D eigenvalue weighted by molar-refractivity contribution is 0.163. The van der Waals surface area contributed by atoms with Gasteiger partial charge in [-0.1, -0.05) is 12.1 Å². The van der Waals surface area contributed by atoms with Crippen molar-refractivity contribution in [3.8, 4) is 6.07 Å². The number of benzene rings is 1. The minimum absolute atomic E-state index is 0.124. The Bertz CT molecular complexity index is 506. The first-order chi connectivity index (χ1) is 8.09. The molecular formula is C11H14N2O3S. The molecule has 0 spiro atoms. The lowest BCUT2D eigenvalue weighted by atomic mass is 10.2. The summed E-state index contributed by atoms with van der Waals surface area (Å²) < 4.78 is 30.6. The minimum Gasteiger partial charge on any atom is -0.381 e. The smallest absolute Gasteiger partial charge is 0.235 e. The van der Waals surface area contributed by atoms with Gasteiger partial charge in [0, 0.05) is 6.61 Å². The van der Waals surface area contributed by atoms with E-state index in [1.54, 1.807) is 31.2 Å². The third-order valence-corrected chi connectivity index (χ3v) is 3.25. The molecule has 0 atom stereocenters. The summed E-state index contributed by atoms with van der Waals surface area (Å²) in [5, 5.41) is 8.82. The number of rotatable bonds is 6. The molecule has 0 bridgehead atoms. The predicted octanol–water partition coefficient (Wildman–Crippen LogP) is 1.34. The number of hydrogen-bond donors (Lipinski definition) is 1. The van der Waals surface area contributed by atoms with Crippen molar-refractivity contribution in [3.05, 3.63) is 29.8 Å². The lowest BCUT2D eigenvalue weighted by Crippen LogP contribution is -2.20. The molecule has 0 aliphatic heterocycles. The van der Waals surface area contributed by atoms with Gasteiger partial charge >= 0.3 is 0 Å². The average Bonchev–Trinajstić information content (AvgIpc) is 2.29. The number of para-hydroxylation sites is 1. The second kappa shape index (κ2) is 6.23. The van der Waals surface area contributed by atoms with Gasteiger partial charge < -0.3 is 4.74 Å². The number of sulfonamides is 1. The standard InChI is InChI=1S/C11H14N2O3S/c1-2-16-7-8-17(14,15)13-11-6-4-3-5-10(11)9-12/h3-6,13H,2,7-8H2,1H3. The Kier molecular flexibility index (Phi) is 4.94. The molecule has 1 aromatic carbocycles. The van der Waals surface area contributed by atoms with E-state index in [0.29, 0.717) is 17.9 Å². The van der Waals surface area contributed by atoms with Gasteiger partial charge in [-0.15, -0.1) is 0 Å². The normalized spacial score (nSPS) is 10.8. The van der Waals surface area contributed by atoms with E-state index >= 15 is 0 Å². The Balaban J connectivity index is 2.73. The highest BCUT2D eigenvalue weighted by Gasteiger charge is 2.12. The van der Waals surface area contributed by atoms with E-state index < -0.39 is 10.0 Å². The summed E-state index contributed by atoms with van der Waals surface area (Å²) in [6, 6.07) is 8.38. The highest BCUT2D eigenvalue weighted by atomic mass is 32.2. The van der Waals surface area contributed by atoms with E-state index in [-0.39, 0.29) is 12.4 Å². The number of ether oxygens (including phenoxy) is 1. The summed E-state index contributed by atoms with van der Waals surface area (Å²) in [6.45, 7) is 2.41. The van der Waals surface area contributed by atoms with Gasteiger partial charge in [-0.2, -0.15) is 5.26 Å². The summed E-state index contributed by atoms with van der Waals surface area (Å²) in [6.07, 6.45) is 0. The van der Waals surface area contributed by atoms with Crippen molar-refractivity contribution in [1.82, 2.24) is 0 Å². The Hall–Kier alpha value is -1.58. The minimum atomic E-state index is -3.47. The third kappa shape index (κ3) is 4.43. The van der Waals surface area contributed by atoms with Crippen LogP contribution in [0.25, 0.3) is 0 Å². The van der Waals surface area contributed by atoms with E-state index in [4.69, 9.17) is 10.00 Å². The fourth-order valence-electron chi connectivity index (χ4n) is 1.20. The molecule has 0 radical (unpaired) electrons. The molecule has 0 amide bonds. The molecule has 0 aliphatic rings. The summed E-state index contributed by atoms with van der Waals surface area (Å²) in [5.41, 5.74) is 0.596. The molecule has 0 fully saturated rings. The van der Waals surface area contributed by atoms with Gasteiger partial charge in [0.05, 0.1) is 23.6 Å². The van der Waals surface area contributed by atoms with Gasteiger partial charge in [0.15, 0.2) is 0 Å². The summed E-state index contributed by atoms with van der Waals surface area (Å²) in [5.74, 6) is -0.124. The van der Waals surface area contributed by atoms with Crippen LogP contribution in [-0.4, -0.2) is 27.4 Å². The second-order valence-electron chi connectivity index (χ2n) is 3.28. The first kappa shape index (κ1) is 13.5. The molecule has 5 nitrogen and oxygen atoms in total. The molecule has 92 valence electrons. The van der Waals surface area contributed by atoms with Crippen LogP contribution in [0.2, 0.25) is 0 Å². The van der Waals surface area contributed by atoms with Crippen LogP contribution in [0, 0.1) is 11.3 Å². The first-order valence-corrected chi connectivity index (χ1v) is 6.81. The van der Waals surface area contributed by atoms with Crippen molar-refractivity contribution in [1.29, 1.82) is 5.26 Å². The second-order valence-corrected chi connectivity index (χ2v) is 5.12. The van der Waals surface area contributed by atoms with Gasteiger partial charge in [-0.3, -0.25) is 4.72 Å².